The van der Waals surface area contributed by atoms with Crippen LogP contribution in [0.2, 0.25) is 0 Å². The van der Waals surface area contributed by atoms with Gasteiger partial charge in [-0.15, -0.1) is 0 Å². The molecule has 0 unspecified atom stereocenters. The minimum atomic E-state index is -0.181. The summed E-state index contributed by atoms with van der Waals surface area (Å²) in [5.74, 6) is 0.534. The van der Waals surface area contributed by atoms with Gasteiger partial charge in [-0.05, 0) is 35.4 Å². The van der Waals surface area contributed by atoms with Crippen LogP contribution in [-0.4, -0.2) is 18.1 Å². The van der Waals surface area contributed by atoms with Gasteiger partial charge < -0.3 is 20.9 Å². The Morgan fingerprint density at radius 1 is 1.24 bits per heavy atom. The van der Waals surface area contributed by atoms with Crippen molar-refractivity contribution in [3.05, 3.63) is 53.6 Å². The molecule has 21 heavy (non-hydrogen) atoms. The van der Waals surface area contributed by atoms with E-state index >= 15 is 0 Å². The standard InChI is InChI=1S/C16H18N2O3/c1-21-15-8-12(10-17)5-6-14(15)18-16(20)9-11-3-2-4-13(19)7-11/h2-8,19H,9-10,17H2,1H3,(H,18,20). The Morgan fingerprint density at radius 3 is 2.71 bits per heavy atom. The zero-order chi connectivity index (χ0) is 15.2. The van der Waals surface area contributed by atoms with Gasteiger partial charge in [0.25, 0.3) is 0 Å². The van der Waals surface area contributed by atoms with E-state index in [1.165, 1.54) is 0 Å². The number of ether oxygens (including phenoxy) is 1. The summed E-state index contributed by atoms with van der Waals surface area (Å²) in [7, 11) is 1.54. The van der Waals surface area contributed by atoms with Gasteiger partial charge in [0.05, 0.1) is 19.2 Å². The number of carbonyl (C=O) groups excluding carboxylic acids is 1. The predicted octanol–water partition coefficient (Wildman–Crippen LogP) is 2.04. The first-order valence-electron chi connectivity index (χ1n) is 6.57. The first-order valence-corrected chi connectivity index (χ1v) is 6.57. The van der Waals surface area contributed by atoms with E-state index < -0.39 is 0 Å². The van der Waals surface area contributed by atoms with Crippen LogP contribution in [0.25, 0.3) is 0 Å². The fraction of sp³-hybridized carbons (Fsp3) is 0.188. The van der Waals surface area contributed by atoms with E-state index in [9.17, 15) is 9.90 Å². The smallest absolute Gasteiger partial charge is 0.228 e. The molecule has 0 saturated heterocycles. The lowest BCUT2D eigenvalue weighted by Gasteiger charge is -2.11. The van der Waals surface area contributed by atoms with Crippen molar-refractivity contribution < 1.29 is 14.6 Å². The number of aromatic hydroxyl groups is 1. The van der Waals surface area contributed by atoms with Gasteiger partial charge in [-0.25, -0.2) is 0 Å². The molecule has 0 saturated carbocycles. The Morgan fingerprint density at radius 2 is 2.05 bits per heavy atom. The quantitative estimate of drug-likeness (QED) is 0.785. The fourth-order valence-electron chi connectivity index (χ4n) is 2.01. The molecule has 0 aliphatic heterocycles. The molecule has 2 aromatic rings. The van der Waals surface area contributed by atoms with Crippen LogP contribution < -0.4 is 15.8 Å². The lowest BCUT2D eigenvalue weighted by atomic mass is 10.1. The summed E-state index contributed by atoms with van der Waals surface area (Å²) in [6.45, 7) is 0.411. The number of nitrogens with one attached hydrogen (secondary N) is 1. The summed E-state index contributed by atoms with van der Waals surface area (Å²) in [5, 5.41) is 12.2. The number of nitrogens with two attached hydrogens (primary N) is 1. The molecule has 5 nitrogen and oxygen atoms in total. The van der Waals surface area contributed by atoms with Crippen LogP contribution in [0.4, 0.5) is 5.69 Å². The van der Waals surface area contributed by atoms with Crippen LogP contribution in [0.5, 0.6) is 11.5 Å². The van der Waals surface area contributed by atoms with Crippen molar-refractivity contribution in [2.45, 2.75) is 13.0 Å². The molecule has 0 bridgehead atoms. The normalized spacial score (nSPS) is 10.2. The van der Waals surface area contributed by atoms with Gasteiger partial charge >= 0.3 is 0 Å². The third kappa shape index (κ3) is 3.97. The summed E-state index contributed by atoms with van der Waals surface area (Å²) in [6, 6.07) is 12.0. The average Bonchev–Trinajstić information content (AvgIpc) is 2.47. The maximum Gasteiger partial charge on any atom is 0.228 e. The molecule has 0 aromatic heterocycles. The lowest BCUT2D eigenvalue weighted by Crippen LogP contribution is -2.15. The molecule has 0 atom stereocenters. The molecule has 110 valence electrons. The predicted molar refractivity (Wildman–Crippen MR) is 81.3 cm³/mol. The van der Waals surface area contributed by atoms with Crippen molar-refractivity contribution >= 4 is 11.6 Å². The summed E-state index contributed by atoms with van der Waals surface area (Å²) in [6.07, 6.45) is 0.177. The number of hydrogen-bond donors (Lipinski definition) is 3. The van der Waals surface area contributed by atoms with E-state index in [0.29, 0.717) is 18.0 Å². The Labute approximate surface area is 123 Å². The first-order chi connectivity index (χ1) is 10.1. The Balaban J connectivity index is 2.09. The number of phenols is 1. The highest BCUT2D eigenvalue weighted by atomic mass is 16.5. The number of rotatable bonds is 5. The SMILES string of the molecule is COc1cc(CN)ccc1NC(=O)Cc1cccc(O)c1. The van der Waals surface area contributed by atoms with Gasteiger partial charge in [-0.2, -0.15) is 0 Å². The minimum Gasteiger partial charge on any atom is -0.508 e. The second-order valence-corrected chi connectivity index (χ2v) is 4.63. The van der Waals surface area contributed by atoms with Crippen LogP contribution in [0.1, 0.15) is 11.1 Å². The van der Waals surface area contributed by atoms with Gasteiger partial charge in [-0.3, -0.25) is 4.79 Å². The second-order valence-electron chi connectivity index (χ2n) is 4.63. The zero-order valence-electron chi connectivity index (χ0n) is 11.8. The van der Waals surface area contributed by atoms with Crippen molar-refractivity contribution in [3.8, 4) is 11.5 Å². The molecule has 2 aromatic carbocycles. The van der Waals surface area contributed by atoms with Gasteiger partial charge in [0, 0.05) is 6.54 Å². The molecule has 0 spiro atoms. The fourth-order valence-corrected chi connectivity index (χ4v) is 2.01. The highest BCUT2D eigenvalue weighted by Gasteiger charge is 2.09. The van der Waals surface area contributed by atoms with E-state index in [-0.39, 0.29) is 18.1 Å². The van der Waals surface area contributed by atoms with Crippen LogP contribution >= 0.6 is 0 Å². The summed E-state index contributed by atoms with van der Waals surface area (Å²) < 4.78 is 5.25. The number of carbonyl (C=O) groups is 1. The van der Waals surface area contributed by atoms with Crippen LogP contribution in [0.3, 0.4) is 0 Å². The molecule has 2 rings (SSSR count). The maximum atomic E-state index is 12.0. The molecule has 0 aliphatic carbocycles. The lowest BCUT2D eigenvalue weighted by molar-refractivity contribution is -0.115. The molecule has 1 amide bonds. The second kappa shape index (κ2) is 6.76. The van der Waals surface area contributed by atoms with Crippen LogP contribution in [-0.2, 0) is 17.8 Å². The minimum absolute atomic E-state index is 0.144. The third-order valence-corrected chi connectivity index (χ3v) is 3.05. The summed E-state index contributed by atoms with van der Waals surface area (Å²) in [4.78, 5) is 12.0. The number of amides is 1. The highest BCUT2D eigenvalue weighted by molar-refractivity contribution is 5.93. The van der Waals surface area contributed by atoms with E-state index in [1.807, 2.05) is 6.07 Å². The van der Waals surface area contributed by atoms with E-state index in [4.69, 9.17) is 10.5 Å². The monoisotopic (exact) mass is 286 g/mol. The molecular weight excluding hydrogens is 268 g/mol. The van der Waals surface area contributed by atoms with Crippen molar-refractivity contribution in [2.75, 3.05) is 12.4 Å². The van der Waals surface area contributed by atoms with Crippen LogP contribution in [0.15, 0.2) is 42.5 Å². The Bertz CT molecular complexity index is 641. The van der Waals surface area contributed by atoms with Crippen molar-refractivity contribution in [3.63, 3.8) is 0 Å². The van der Waals surface area contributed by atoms with E-state index in [1.54, 1.807) is 43.5 Å². The number of benzene rings is 2. The van der Waals surface area contributed by atoms with Gasteiger partial charge in [0.15, 0.2) is 0 Å². The maximum absolute atomic E-state index is 12.0. The molecule has 4 N–H and O–H groups in total. The van der Waals surface area contributed by atoms with Gasteiger partial charge in [0.1, 0.15) is 11.5 Å². The number of methoxy groups -OCH3 is 1. The zero-order valence-corrected chi connectivity index (χ0v) is 11.8. The van der Waals surface area contributed by atoms with Crippen LogP contribution in [0, 0.1) is 0 Å². The van der Waals surface area contributed by atoms with E-state index in [0.717, 1.165) is 11.1 Å². The first kappa shape index (κ1) is 14.9. The summed E-state index contributed by atoms with van der Waals surface area (Å²) >= 11 is 0. The third-order valence-electron chi connectivity index (χ3n) is 3.05. The Hall–Kier alpha value is -2.53. The summed E-state index contributed by atoms with van der Waals surface area (Å²) in [5.41, 5.74) is 7.84. The number of hydrogen-bond acceptors (Lipinski definition) is 4. The molecular formula is C16H18N2O3. The molecule has 5 heteroatoms. The topological polar surface area (TPSA) is 84.6 Å². The number of anilines is 1. The molecule has 0 radical (unpaired) electrons. The molecule has 0 aliphatic rings. The molecule has 0 fully saturated rings. The Kier molecular flexibility index (Phi) is 4.79. The van der Waals surface area contributed by atoms with Gasteiger partial charge in [0.2, 0.25) is 5.91 Å². The van der Waals surface area contributed by atoms with Crippen molar-refractivity contribution in [1.82, 2.24) is 0 Å². The molecule has 0 heterocycles. The van der Waals surface area contributed by atoms with E-state index in [2.05, 4.69) is 5.32 Å². The van der Waals surface area contributed by atoms with Crippen molar-refractivity contribution in [1.29, 1.82) is 0 Å². The number of phenolic OH excluding ortho intramolecular Hbond substituents is 1. The van der Waals surface area contributed by atoms with Crippen molar-refractivity contribution in [2.24, 2.45) is 5.73 Å². The van der Waals surface area contributed by atoms with Gasteiger partial charge in [-0.1, -0.05) is 18.2 Å². The largest absolute Gasteiger partial charge is 0.508 e. The highest BCUT2D eigenvalue weighted by Crippen LogP contribution is 2.25. The average molecular weight is 286 g/mol.